The van der Waals surface area contributed by atoms with E-state index in [-0.39, 0.29) is 5.91 Å². The van der Waals surface area contributed by atoms with Crippen molar-refractivity contribution in [2.24, 2.45) is 0 Å². The number of ether oxygens (including phenoxy) is 3. The largest absolute Gasteiger partial charge is 0.497 e. The van der Waals surface area contributed by atoms with E-state index in [0.717, 1.165) is 33.4 Å². The summed E-state index contributed by atoms with van der Waals surface area (Å²) in [4.78, 5) is 12.7. The van der Waals surface area contributed by atoms with Crippen molar-refractivity contribution in [3.8, 4) is 28.4 Å². The monoisotopic (exact) mass is 457 g/mol. The zero-order valence-electron chi connectivity index (χ0n) is 19.7. The number of hydrogen-bond acceptors (Lipinski definition) is 5. The van der Waals surface area contributed by atoms with E-state index in [9.17, 15) is 4.79 Å². The minimum atomic E-state index is -0.242. The van der Waals surface area contributed by atoms with Crippen molar-refractivity contribution in [3.63, 3.8) is 0 Å². The highest BCUT2D eigenvalue weighted by Gasteiger charge is 2.16. The average molecular weight is 458 g/mol. The lowest BCUT2D eigenvalue weighted by atomic mass is 9.99. The number of allylic oxidation sites excluding steroid dienone is 1. The molecule has 0 radical (unpaired) electrons. The minimum absolute atomic E-state index is 0.242. The molecule has 0 saturated carbocycles. The lowest BCUT2D eigenvalue weighted by molar-refractivity contribution is -0.111. The number of hydrogen-bond donors (Lipinski definition) is 1. The molecule has 4 rings (SSSR count). The molecular formula is C28H27NO5. The van der Waals surface area contributed by atoms with Crippen LogP contribution in [-0.4, -0.2) is 26.7 Å². The molecule has 174 valence electrons. The summed E-state index contributed by atoms with van der Waals surface area (Å²) >= 11 is 0. The Morgan fingerprint density at radius 3 is 2.47 bits per heavy atom. The molecule has 0 saturated heterocycles. The van der Waals surface area contributed by atoms with E-state index < -0.39 is 0 Å². The molecule has 6 nitrogen and oxygen atoms in total. The van der Waals surface area contributed by atoms with Crippen LogP contribution in [0.5, 0.6) is 17.2 Å². The number of amides is 1. The summed E-state index contributed by atoms with van der Waals surface area (Å²) in [6.07, 6.45) is 3.29. The van der Waals surface area contributed by atoms with Gasteiger partial charge in [-0.1, -0.05) is 18.2 Å². The number of rotatable bonds is 8. The highest BCUT2D eigenvalue weighted by atomic mass is 16.5. The highest BCUT2D eigenvalue weighted by Crippen LogP contribution is 2.38. The number of fused-ring (bicyclic) bond motifs is 1. The van der Waals surface area contributed by atoms with Gasteiger partial charge in [-0.05, 0) is 55.3 Å². The number of anilines is 1. The normalized spacial score (nSPS) is 11.4. The maximum atomic E-state index is 12.7. The molecule has 34 heavy (non-hydrogen) atoms. The Morgan fingerprint density at radius 2 is 1.74 bits per heavy atom. The second-order valence-electron chi connectivity index (χ2n) is 7.71. The predicted octanol–water partition coefficient (Wildman–Crippen LogP) is 6.56. The molecule has 6 heteroatoms. The van der Waals surface area contributed by atoms with Gasteiger partial charge >= 0.3 is 0 Å². The molecule has 0 aliphatic rings. The van der Waals surface area contributed by atoms with Crippen LogP contribution in [0.3, 0.4) is 0 Å². The third-order valence-corrected chi connectivity index (χ3v) is 5.47. The van der Waals surface area contributed by atoms with Gasteiger partial charge in [0.15, 0.2) is 0 Å². The summed E-state index contributed by atoms with van der Waals surface area (Å²) in [6, 6.07) is 18.9. The van der Waals surface area contributed by atoms with Gasteiger partial charge < -0.3 is 23.9 Å². The van der Waals surface area contributed by atoms with Gasteiger partial charge in [-0.3, -0.25) is 4.79 Å². The highest BCUT2D eigenvalue weighted by molar-refractivity contribution is 6.05. The first kappa shape index (κ1) is 23.0. The van der Waals surface area contributed by atoms with E-state index >= 15 is 0 Å². The van der Waals surface area contributed by atoms with Crippen LogP contribution in [-0.2, 0) is 4.79 Å². The molecule has 0 aliphatic heterocycles. The first-order valence-electron chi connectivity index (χ1n) is 11.0. The van der Waals surface area contributed by atoms with Crippen molar-refractivity contribution >= 4 is 28.1 Å². The van der Waals surface area contributed by atoms with E-state index in [1.807, 2.05) is 68.4 Å². The van der Waals surface area contributed by atoms with Crippen LogP contribution in [0.4, 0.5) is 5.69 Å². The summed E-state index contributed by atoms with van der Waals surface area (Å²) in [5, 5.41) is 3.81. The van der Waals surface area contributed by atoms with Crippen LogP contribution < -0.4 is 19.5 Å². The van der Waals surface area contributed by atoms with E-state index in [4.69, 9.17) is 18.6 Å². The first-order chi connectivity index (χ1) is 16.5. The van der Waals surface area contributed by atoms with Crippen LogP contribution >= 0.6 is 0 Å². The van der Waals surface area contributed by atoms with Gasteiger partial charge in [-0.25, -0.2) is 0 Å². The lowest BCUT2D eigenvalue weighted by Gasteiger charge is -2.12. The summed E-state index contributed by atoms with van der Waals surface area (Å²) in [7, 11) is 3.23. The molecule has 0 bridgehead atoms. The molecule has 3 aromatic carbocycles. The number of carbonyl (C=O) groups excluding carboxylic acids is 1. The van der Waals surface area contributed by atoms with Gasteiger partial charge in [0.25, 0.3) is 0 Å². The summed E-state index contributed by atoms with van der Waals surface area (Å²) in [6.45, 7) is 4.30. The maximum absolute atomic E-state index is 12.7. The van der Waals surface area contributed by atoms with Crippen LogP contribution in [0.15, 0.2) is 77.4 Å². The SMILES string of the molecule is CCOc1cc2occ(-c3cccc(OC)c3)c2cc1/C(C)=C/C(=O)Nc1cccc(OC)c1. The first-order valence-corrected chi connectivity index (χ1v) is 11.0. The quantitative estimate of drug-likeness (QED) is 0.304. The molecule has 4 aromatic rings. The summed E-state index contributed by atoms with van der Waals surface area (Å²) < 4.78 is 22.3. The van der Waals surface area contributed by atoms with Crippen LogP contribution in [0.25, 0.3) is 27.7 Å². The van der Waals surface area contributed by atoms with Crippen LogP contribution in [0, 0.1) is 0 Å². The van der Waals surface area contributed by atoms with Gasteiger partial charge in [0.2, 0.25) is 5.91 Å². The fourth-order valence-electron chi connectivity index (χ4n) is 3.81. The Labute approximate surface area is 198 Å². The predicted molar refractivity (Wildman–Crippen MR) is 135 cm³/mol. The Kier molecular flexibility index (Phi) is 6.87. The van der Waals surface area contributed by atoms with Gasteiger partial charge in [0.1, 0.15) is 22.8 Å². The molecule has 1 N–H and O–H groups in total. The maximum Gasteiger partial charge on any atom is 0.248 e. The van der Waals surface area contributed by atoms with Gasteiger partial charge in [0.05, 0.1) is 27.1 Å². The summed E-state index contributed by atoms with van der Waals surface area (Å²) in [5.41, 5.74) is 4.87. The van der Waals surface area contributed by atoms with E-state index in [1.165, 1.54) is 0 Å². The van der Waals surface area contributed by atoms with Crippen molar-refractivity contribution in [1.82, 2.24) is 0 Å². The van der Waals surface area contributed by atoms with Crippen molar-refractivity contribution in [3.05, 3.63) is 78.6 Å². The Bertz CT molecular complexity index is 1350. The number of carbonyl (C=O) groups is 1. The lowest BCUT2D eigenvalue weighted by Crippen LogP contribution is -2.08. The second-order valence-corrected chi connectivity index (χ2v) is 7.71. The minimum Gasteiger partial charge on any atom is -0.497 e. The molecule has 1 amide bonds. The van der Waals surface area contributed by atoms with Crippen molar-refractivity contribution < 1.29 is 23.4 Å². The molecule has 0 fully saturated rings. The molecule has 0 atom stereocenters. The summed E-state index contributed by atoms with van der Waals surface area (Å²) in [5.74, 6) is 1.86. The van der Waals surface area contributed by atoms with Crippen LogP contribution in [0.1, 0.15) is 19.4 Å². The number of furan rings is 1. The van der Waals surface area contributed by atoms with Gasteiger partial charge in [-0.2, -0.15) is 0 Å². The second kappa shape index (κ2) is 10.2. The third kappa shape index (κ3) is 4.91. The fourth-order valence-corrected chi connectivity index (χ4v) is 3.81. The average Bonchev–Trinajstić information content (AvgIpc) is 3.26. The standard InChI is InChI=1S/C28H27NO5/c1-5-33-26-16-27-24(25(17-34-27)19-8-6-10-21(13-19)31-3)15-23(26)18(2)12-28(30)29-20-9-7-11-22(14-20)32-4/h6-17H,5H2,1-4H3,(H,29,30)/b18-12+. The van der Waals surface area contributed by atoms with E-state index in [1.54, 1.807) is 32.6 Å². The zero-order chi connectivity index (χ0) is 24.1. The zero-order valence-corrected chi connectivity index (χ0v) is 19.7. The Morgan fingerprint density at radius 1 is 1.00 bits per heavy atom. The van der Waals surface area contributed by atoms with E-state index in [0.29, 0.717) is 29.4 Å². The number of methoxy groups -OCH3 is 2. The van der Waals surface area contributed by atoms with E-state index in [2.05, 4.69) is 5.32 Å². The number of benzene rings is 3. The van der Waals surface area contributed by atoms with Crippen LogP contribution in [0.2, 0.25) is 0 Å². The smallest absolute Gasteiger partial charge is 0.248 e. The fraction of sp³-hybridized carbons (Fsp3) is 0.179. The van der Waals surface area contributed by atoms with Crippen molar-refractivity contribution in [2.45, 2.75) is 13.8 Å². The molecule has 1 heterocycles. The topological polar surface area (TPSA) is 69.9 Å². The Balaban J connectivity index is 1.71. The third-order valence-electron chi connectivity index (χ3n) is 5.47. The molecular weight excluding hydrogens is 430 g/mol. The van der Waals surface area contributed by atoms with Crippen molar-refractivity contribution in [2.75, 3.05) is 26.1 Å². The molecule has 0 aliphatic carbocycles. The molecule has 1 aromatic heterocycles. The number of nitrogens with one attached hydrogen (secondary N) is 1. The van der Waals surface area contributed by atoms with Gasteiger partial charge in [-0.15, -0.1) is 0 Å². The Hall–Kier alpha value is -4.19. The molecule has 0 unspecified atom stereocenters. The van der Waals surface area contributed by atoms with Crippen molar-refractivity contribution in [1.29, 1.82) is 0 Å². The van der Waals surface area contributed by atoms with Gasteiger partial charge in [0, 0.05) is 40.4 Å². The molecule has 0 spiro atoms.